The number of fused-ring (bicyclic) bond motifs is 2. The third kappa shape index (κ3) is 5.08. The van der Waals surface area contributed by atoms with Crippen molar-refractivity contribution in [2.24, 2.45) is 0 Å². The van der Waals surface area contributed by atoms with Gasteiger partial charge in [0.2, 0.25) is 11.8 Å². The van der Waals surface area contributed by atoms with E-state index in [1.165, 1.54) is 12.7 Å². The lowest BCUT2D eigenvalue weighted by atomic mass is 9.85. The zero-order valence-corrected chi connectivity index (χ0v) is 19.6. The molecular weight excluding hydrogens is 470 g/mol. The smallest absolute Gasteiger partial charge is 0.230 e. The Hall–Kier alpha value is -3.63. The Labute approximate surface area is 206 Å². The topological polar surface area (TPSA) is 133 Å². The first-order valence-electron chi connectivity index (χ1n) is 11.3. The van der Waals surface area contributed by atoms with Gasteiger partial charge in [0.15, 0.2) is 0 Å². The predicted molar refractivity (Wildman–Crippen MR) is 130 cm³/mol. The summed E-state index contributed by atoms with van der Waals surface area (Å²) in [5.41, 5.74) is 2.05. The molecule has 0 unspecified atom stereocenters. The van der Waals surface area contributed by atoms with E-state index < -0.39 is 5.60 Å². The molecular formula is C24H24ClN7O3. The lowest BCUT2D eigenvalue weighted by Crippen LogP contribution is -2.46. The molecule has 6 rings (SSSR count). The van der Waals surface area contributed by atoms with Crippen molar-refractivity contribution in [3.63, 3.8) is 0 Å². The van der Waals surface area contributed by atoms with Crippen LogP contribution in [-0.2, 0) is 28.9 Å². The summed E-state index contributed by atoms with van der Waals surface area (Å²) in [5.74, 6) is 1.86. The summed E-state index contributed by atoms with van der Waals surface area (Å²) in [4.78, 5) is 40.7. The second-order valence-electron chi connectivity index (χ2n) is 8.84. The average Bonchev–Trinajstić information content (AvgIpc) is 3.42. The zero-order valence-electron chi connectivity index (χ0n) is 18.9. The summed E-state index contributed by atoms with van der Waals surface area (Å²) >= 11 is 5.69. The van der Waals surface area contributed by atoms with Crippen molar-refractivity contribution < 1.29 is 14.7 Å². The molecule has 0 atom stereocenters. The molecule has 0 spiro atoms. The number of benzene rings is 1. The molecule has 3 N–H and O–H groups in total. The lowest BCUT2D eigenvalue weighted by Gasteiger charge is -2.39. The van der Waals surface area contributed by atoms with Gasteiger partial charge in [-0.1, -0.05) is 41.9 Å². The normalized spacial score (nSPS) is 17.6. The van der Waals surface area contributed by atoms with Gasteiger partial charge < -0.3 is 20.6 Å². The number of aromatic nitrogens is 4. The molecule has 0 saturated carbocycles. The van der Waals surface area contributed by atoms with Gasteiger partial charge in [0.05, 0.1) is 18.4 Å². The van der Waals surface area contributed by atoms with E-state index in [0.29, 0.717) is 48.0 Å². The van der Waals surface area contributed by atoms with Crippen molar-refractivity contribution in [1.82, 2.24) is 19.9 Å². The Balaban J connectivity index is 0.000000192. The van der Waals surface area contributed by atoms with Gasteiger partial charge in [-0.3, -0.25) is 9.59 Å². The molecule has 1 saturated heterocycles. The van der Waals surface area contributed by atoms with Crippen LogP contribution in [0.15, 0.2) is 43.0 Å². The van der Waals surface area contributed by atoms with Crippen LogP contribution in [0.25, 0.3) is 0 Å². The molecule has 0 bridgehead atoms. The Kier molecular flexibility index (Phi) is 6.31. The average molecular weight is 494 g/mol. The zero-order chi connectivity index (χ0) is 24.4. The molecule has 11 heteroatoms. The number of amides is 2. The summed E-state index contributed by atoms with van der Waals surface area (Å²) < 4.78 is 0. The van der Waals surface area contributed by atoms with E-state index in [9.17, 15) is 14.7 Å². The maximum Gasteiger partial charge on any atom is 0.230 e. The monoisotopic (exact) mass is 493 g/mol. The minimum Gasteiger partial charge on any atom is -0.389 e. The van der Waals surface area contributed by atoms with E-state index in [1.54, 1.807) is 0 Å². The van der Waals surface area contributed by atoms with Crippen LogP contribution in [-0.4, -0.2) is 55.5 Å². The van der Waals surface area contributed by atoms with Gasteiger partial charge in [0.25, 0.3) is 0 Å². The molecule has 35 heavy (non-hydrogen) atoms. The van der Waals surface area contributed by atoms with E-state index in [1.807, 2.05) is 18.2 Å². The maximum absolute atomic E-state index is 11.6. The largest absolute Gasteiger partial charge is 0.389 e. The van der Waals surface area contributed by atoms with Crippen molar-refractivity contribution >= 4 is 40.9 Å². The molecule has 0 radical (unpaired) electrons. The summed E-state index contributed by atoms with van der Waals surface area (Å²) in [6.45, 7) is 1.45. The van der Waals surface area contributed by atoms with Gasteiger partial charge in [-0.25, -0.2) is 19.9 Å². The second-order valence-corrected chi connectivity index (χ2v) is 9.20. The number of anilines is 3. The molecule has 1 fully saturated rings. The number of nitrogens with zero attached hydrogens (tertiary/aromatic N) is 5. The lowest BCUT2D eigenvalue weighted by molar-refractivity contribution is -0.115. The first-order chi connectivity index (χ1) is 16.9. The minimum absolute atomic E-state index is 0.0376. The molecule has 180 valence electrons. The molecule has 0 aliphatic carbocycles. The summed E-state index contributed by atoms with van der Waals surface area (Å²) in [6, 6.07) is 10.1. The number of nitrogens with one attached hydrogen (secondary N) is 2. The minimum atomic E-state index is -0.678. The van der Waals surface area contributed by atoms with Gasteiger partial charge in [-0.15, -0.1) is 0 Å². The van der Waals surface area contributed by atoms with Crippen LogP contribution in [0.3, 0.4) is 0 Å². The number of carbonyl (C=O) groups excluding carboxylic acids is 2. The third-order valence-electron chi connectivity index (χ3n) is 6.38. The molecule has 3 aromatic rings. The second kappa shape index (κ2) is 9.55. The van der Waals surface area contributed by atoms with E-state index in [-0.39, 0.29) is 18.2 Å². The first kappa shape index (κ1) is 23.1. The van der Waals surface area contributed by atoms with Crippen LogP contribution in [0.1, 0.15) is 29.5 Å². The standard InChI is InChI=1S/C18H20N4O2.C6H4ClN3O/c23-15-10-14-16(21-15)19-12-20-17(14)22-8-6-18(24,7-9-22)11-13-4-2-1-3-5-13;7-5-3-1-4(11)10-6(3)9-2-8-5/h1-5,12,24H,6-11H2,(H,19,20,21,23);2H,1H2,(H,8,9,10,11). The number of piperidine rings is 1. The van der Waals surface area contributed by atoms with Crippen LogP contribution >= 0.6 is 11.6 Å². The number of carbonyl (C=O) groups is 2. The van der Waals surface area contributed by atoms with Gasteiger partial charge in [-0.05, 0) is 18.4 Å². The summed E-state index contributed by atoms with van der Waals surface area (Å²) in [5, 5.41) is 16.6. The molecule has 2 amide bonds. The number of aliphatic hydroxyl groups is 1. The maximum atomic E-state index is 11.6. The SMILES string of the molecule is O=C1Cc2c(Cl)ncnc2N1.O=C1Cc2c(ncnc2N2CCC(O)(Cc3ccccc3)CC2)N1. The number of halogens is 1. The fourth-order valence-electron chi connectivity index (χ4n) is 4.56. The highest BCUT2D eigenvalue weighted by Gasteiger charge is 2.35. The molecule has 1 aromatic carbocycles. The number of hydrogen-bond acceptors (Lipinski definition) is 8. The van der Waals surface area contributed by atoms with Crippen LogP contribution in [0.4, 0.5) is 17.5 Å². The van der Waals surface area contributed by atoms with Crippen LogP contribution in [0.2, 0.25) is 5.15 Å². The van der Waals surface area contributed by atoms with Gasteiger partial charge >= 0.3 is 0 Å². The molecule has 3 aliphatic rings. The molecule has 5 heterocycles. The van der Waals surface area contributed by atoms with Gasteiger partial charge in [-0.2, -0.15) is 0 Å². The van der Waals surface area contributed by atoms with E-state index >= 15 is 0 Å². The van der Waals surface area contributed by atoms with Gasteiger partial charge in [0, 0.05) is 30.6 Å². The van der Waals surface area contributed by atoms with Crippen molar-refractivity contribution in [3.8, 4) is 0 Å². The fraction of sp³-hybridized carbons (Fsp3) is 0.333. The van der Waals surface area contributed by atoms with Crippen molar-refractivity contribution in [2.45, 2.75) is 37.7 Å². The van der Waals surface area contributed by atoms with Crippen LogP contribution < -0.4 is 15.5 Å². The number of rotatable bonds is 3. The number of hydrogen-bond donors (Lipinski definition) is 3. The molecule has 3 aliphatic heterocycles. The molecule has 10 nitrogen and oxygen atoms in total. The van der Waals surface area contributed by atoms with Crippen molar-refractivity contribution in [2.75, 3.05) is 28.6 Å². The highest BCUT2D eigenvalue weighted by molar-refractivity contribution is 6.31. The Morgan fingerprint density at radius 3 is 2.14 bits per heavy atom. The molecule has 2 aromatic heterocycles. The Morgan fingerprint density at radius 1 is 0.886 bits per heavy atom. The van der Waals surface area contributed by atoms with Crippen molar-refractivity contribution in [1.29, 1.82) is 0 Å². The Morgan fingerprint density at radius 2 is 1.49 bits per heavy atom. The Bertz CT molecular complexity index is 1260. The van der Waals surface area contributed by atoms with Crippen LogP contribution in [0, 0.1) is 0 Å². The van der Waals surface area contributed by atoms with Gasteiger partial charge in [0.1, 0.15) is 35.3 Å². The summed E-state index contributed by atoms with van der Waals surface area (Å²) in [6.07, 6.45) is 5.47. The first-order valence-corrected chi connectivity index (χ1v) is 11.7. The third-order valence-corrected chi connectivity index (χ3v) is 6.70. The highest BCUT2D eigenvalue weighted by Crippen LogP contribution is 2.33. The predicted octanol–water partition coefficient (Wildman–Crippen LogP) is 2.17. The highest BCUT2D eigenvalue weighted by atomic mass is 35.5. The fourth-order valence-corrected chi connectivity index (χ4v) is 4.76. The quantitative estimate of drug-likeness (QED) is 0.473. The van der Waals surface area contributed by atoms with E-state index in [2.05, 4.69) is 47.6 Å². The van der Waals surface area contributed by atoms with Crippen LogP contribution in [0.5, 0.6) is 0 Å². The summed E-state index contributed by atoms with van der Waals surface area (Å²) in [7, 11) is 0. The van der Waals surface area contributed by atoms with E-state index in [4.69, 9.17) is 11.6 Å². The van der Waals surface area contributed by atoms with E-state index in [0.717, 1.165) is 30.0 Å². The van der Waals surface area contributed by atoms with Crippen molar-refractivity contribution in [3.05, 3.63) is 64.8 Å².